The molecule has 1 aliphatic carbocycles. The van der Waals surface area contributed by atoms with E-state index in [0.717, 1.165) is 12.8 Å². The van der Waals surface area contributed by atoms with Crippen molar-refractivity contribution in [3.8, 4) is 0 Å². The van der Waals surface area contributed by atoms with Crippen molar-refractivity contribution in [3.63, 3.8) is 0 Å². The average Bonchev–Trinajstić information content (AvgIpc) is 2.47. The lowest BCUT2D eigenvalue weighted by molar-refractivity contribution is -0.0255. The molecule has 3 atom stereocenters. The maximum Gasteiger partial charge on any atom is 0.0555 e. The third-order valence-electron chi connectivity index (χ3n) is 5.02. The molecule has 2 aliphatic rings. The zero-order chi connectivity index (χ0) is 12.5. The molecule has 2 fully saturated rings. The molecule has 0 radical (unpaired) electrons. The van der Waals surface area contributed by atoms with Gasteiger partial charge in [0.15, 0.2) is 0 Å². The molecule has 1 aliphatic heterocycles. The smallest absolute Gasteiger partial charge is 0.0555 e. The summed E-state index contributed by atoms with van der Waals surface area (Å²) in [5, 5.41) is 9.97. The van der Waals surface area contributed by atoms with E-state index in [4.69, 9.17) is 0 Å². The minimum atomic E-state index is -0.0662. The maximum absolute atomic E-state index is 9.97. The first-order valence-electron chi connectivity index (χ1n) is 7.44. The van der Waals surface area contributed by atoms with Crippen molar-refractivity contribution in [3.05, 3.63) is 0 Å². The number of nitrogens with zero attached hydrogens (tertiary/aromatic N) is 1. The molecule has 0 aromatic rings. The van der Waals surface area contributed by atoms with E-state index in [0.29, 0.717) is 17.5 Å². The molecule has 0 aromatic heterocycles. The van der Waals surface area contributed by atoms with Crippen LogP contribution in [-0.4, -0.2) is 34.7 Å². The van der Waals surface area contributed by atoms with Crippen molar-refractivity contribution in [1.29, 1.82) is 0 Å². The largest absolute Gasteiger partial charge is 0.393 e. The summed E-state index contributed by atoms with van der Waals surface area (Å²) in [7, 11) is 0. The molecule has 17 heavy (non-hydrogen) atoms. The molecule has 2 rings (SSSR count). The van der Waals surface area contributed by atoms with Crippen LogP contribution in [0.5, 0.6) is 0 Å². The first-order chi connectivity index (χ1) is 8.00. The highest BCUT2D eigenvalue weighted by atomic mass is 16.3. The quantitative estimate of drug-likeness (QED) is 0.759. The second kappa shape index (κ2) is 5.27. The van der Waals surface area contributed by atoms with E-state index in [2.05, 4.69) is 25.7 Å². The van der Waals surface area contributed by atoms with E-state index in [1.54, 1.807) is 0 Å². The van der Waals surface area contributed by atoms with Gasteiger partial charge in [-0.25, -0.2) is 0 Å². The summed E-state index contributed by atoms with van der Waals surface area (Å²) in [5.41, 5.74) is 0.373. The van der Waals surface area contributed by atoms with Crippen LogP contribution in [-0.2, 0) is 0 Å². The van der Waals surface area contributed by atoms with E-state index in [-0.39, 0.29) is 6.10 Å². The number of rotatable bonds is 1. The van der Waals surface area contributed by atoms with Gasteiger partial charge in [0.1, 0.15) is 0 Å². The van der Waals surface area contributed by atoms with E-state index in [1.807, 2.05) is 0 Å². The maximum atomic E-state index is 9.97. The van der Waals surface area contributed by atoms with E-state index in [9.17, 15) is 5.11 Å². The fourth-order valence-corrected chi connectivity index (χ4v) is 3.74. The molecule has 0 amide bonds. The summed E-state index contributed by atoms with van der Waals surface area (Å²) in [5.74, 6) is 0. The minimum Gasteiger partial charge on any atom is -0.393 e. The minimum absolute atomic E-state index is 0.0662. The zero-order valence-corrected chi connectivity index (χ0v) is 11.8. The van der Waals surface area contributed by atoms with Gasteiger partial charge in [-0.2, -0.15) is 0 Å². The summed E-state index contributed by atoms with van der Waals surface area (Å²) in [4.78, 5) is 2.70. The number of hydrogen-bond donors (Lipinski definition) is 1. The van der Waals surface area contributed by atoms with E-state index < -0.39 is 0 Å². The van der Waals surface area contributed by atoms with Crippen molar-refractivity contribution in [2.75, 3.05) is 6.54 Å². The average molecular weight is 239 g/mol. The molecular formula is C15H29NO. The van der Waals surface area contributed by atoms with Gasteiger partial charge in [0.05, 0.1) is 6.10 Å². The summed E-state index contributed by atoms with van der Waals surface area (Å²) in [6, 6.07) is 1.28. The lowest BCUT2D eigenvalue weighted by Crippen LogP contribution is -2.53. The number of likely N-dealkylation sites (tertiary alicyclic amines) is 1. The molecule has 2 nitrogen and oxygen atoms in total. The van der Waals surface area contributed by atoms with Crippen LogP contribution in [0.2, 0.25) is 0 Å². The normalized spacial score (nSPS) is 39.9. The van der Waals surface area contributed by atoms with Crippen LogP contribution < -0.4 is 0 Å². The highest BCUT2D eigenvalue weighted by Crippen LogP contribution is 2.40. The standard InChI is InChI=1S/C15H29NO/c1-12-7-5-4-6-10-16(12)14-11-13(17)8-9-15(14,2)3/h12-14,17H,4-11H2,1-3H3. The van der Waals surface area contributed by atoms with Gasteiger partial charge in [-0.3, -0.25) is 4.90 Å². The van der Waals surface area contributed by atoms with Crippen LogP contribution >= 0.6 is 0 Å². The van der Waals surface area contributed by atoms with Crippen molar-refractivity contribution in [2.24, 2.45) is 5.41 Å². The highest BCUT2D eigenvalue weighted by molar-refractivity contribution is 4.94. The Balaban J connectivity index is 2.11. The Hall–Kier alpha value is -0.0800. The summed E-state index contributed by atoms with van der Waals surface area (Å²) < 4.78 is 0. The second-order valence-electron chi connectivity index (χ2n) is 6.87. The predicted molar refractivity (Wildman–Crippen MR) is 72.1 cm³/mol. The Bertz CT molecular complexity index is 251. The third kappa shape index (κ3) is 3.03. The first-order valence-corrected chi connectivity index (χ1v) is 7.44. The van der Waals surface area contributed by atoms with Crippen molar-refractivity contribution in [2.45, 2.75) is 83.9 Å². The molecule has 0 aromatic carbocycles. The van der Waals surface area contributed by atoms with Crippen LogP contribution in [0.3, 0.4) is 0 Å². The van der Waals surface area contributed by atoms with Crippen molar-refractivity contribution >= 4 is 0 Å². The molecule has 3 unspecified atom stereocenters. The highest BCUT2D eigenvalue weighted by Gasteiger charge is 2.40. The number of hydrogen-bond acceptors (Lipinski definition) is 2. The Morgan fingerprint density at radius 2 is 1.88 bits per heavy atom. The molecule has 100 valence electrons. The fourth-order valence-electron chi connectivity index (χ4n) is 3.74. The van der Waals surface area contributed by atoms with Gasteiger partial charge in [0.2, 0.25) is 0 Å². The molecule has 0 bridgehead atoms. The Kier molecular flexibility index (Phi) is 4.14. The Labute approximate surface area is 106 Å². The molecule has 1 saturated carbocycles. The van der Waals surface area contributed by atoms with Crippen LogP contribution in [0, 0.1) is 5.41 Å². The van der Waals surface area contributed by atoms with Gasteiger partial charge in [0.25, 0.3) is 0 Å². The Morgan fingerprint density at radius 1 is 1.12 bits per heavy atom. The van der Waals surface area contributed by atoms with Gasteiger partial charge < -0.3 is 5.11 Å². The predicted octanol–water partition coefficient (Wildman–Crippen LogP) is 3.19. The zero-order valence-electron chi connectivity index (χ0n) is 11.8. The second-order valence-corrected chi connectivity index (χ2v) is 6.87. The SMILES string of the molecule is CC1CCCCCN1C1CC(O)CCC1(C)C. The molecule has 2 heteroatoms. The van der Waals surface area contributed by atoms with Crippen molar-refractivity contribution < 1.29 is 5.11 Å². The van der Waals surface area contributed by atoms with E-state index >= 15 is 0 Å². The lowest BCUT2D eigenvalue weighted by atomic mass is 9.71. The van der Waals surface area contributed by atoms with Crippen LogP contribution in [0.25, 0.3) is 0 Å². The van der Waals surface area contributed by atoms with Crippen LogP contribution in [0.1, 0.15) is 65.7 Å². The van der Waals surface area contributed by atoms with Gasteiger partial charge in [-0.15, -0.1) is 0 Å². The third-order valence-corrected chi connectivity index (χ3v) is 5.02. The number of aliphatic hydroxyl groups is 1. The monoisotopic (exact) mass is 239 g/mol. The Morgan fingerprint density at radius 3 is 2.65 bits per heavy atom. The molecule has 1 N–H and O–H groups in total. The van der Waals surface area contributed by atoms with Gasteiger partial charge in [-0.1, -0.05) is 26.7 Å². The molecule has 1 saturated heterocycles. The summed E-state index contributed by atoms with van der Waals surface area (Å²) in [6.45, 7) is 8.40. The topological polar surface area (TPSA) is 23.5 Å². The van der Waals surface area contributed by atoms with Gasteiger partial charge >= 0.3 is 0 Å². The van der Waals surface area contributed by atoms with Crippen molar-refractivity contribution in [1.82, 2.24) is 4.90 Å². The summed E-state index contributed by atoms with van der Waals surface area (Å²) in [6.07, 6.45) is 8.52. The van der Waals surface area contributed by atoms with Crippen LogP contribution in [0.4, 0.5) is 0 Å². The summed E-state index contributed by atoms with van der Waals surface area (Å²) >= 11 is 0. The van der Waals surface area contributed by atoms with E-state index in [1.165, 1.54) is 38.6 Å². The fraction of sp³-hybridized carbons (Fsp3) is 1.00. The first kappa shape index (κ1) is 13.4. The van der Waals surface area contributed by atoms with Gasteiger partial charge in [-0.05, 0) is 51.0 Å². The molecule has 1 heterocycles. The van der Waals surface area contributed by atoms with Crippen LogP contribution in [0.15, 0.2) is 0 Å². The lowest BCUT2D eigenvalue weighted by Gasteiger charge is -2.48. The number of aliphatic hydroxyl groups excluding tert-OH is 1. The van der Waals surface area contributed by atoms with Gasteiger partial charge in [0, 0.05) is 12.1 Å². The molecule has 0 spiro atoms. The molecular weight excluding hydrogens is 210 g/mol.